The Balaban J connectivity index is 2.41. The first-order valence-electron chi connectivity index (χ1n) is 5.35. The van der Waals surface area contributed by atoms with Crippen LogP contribution in [0.25, 0.3) is 0 Å². The van der Waals surface area contributed by atoms with Crippen LogP contribution in [-0.2, 0) is 4.74 Å². The molecule has 1 aromatic rings. The molecule has 2 heterocycles. The Morgan fingerprint density at radius 3 is 2.67 bits per heavy atom. The van der Waals surface area contributed by atoms with Crippen LogP contribution in [-0.4, -0.2) is 49.3 Å². The van der Waals surface area contributed by atoms with Gasteiger partial charge >= 0.3 is 5.69 Å². The van der Waals surface area contributed by atoms with Crippen molar-refractivity contribution in [1.29, 1.82) is 0 Å². The maximum absolute atomic E-state index is 11.6. The number of aromatic nitrogens is 2. The summed E-state index contributed by atoms with van der Waals surface area (Å²) in [4.78, 5) is 24.5. The molecule has 0 saturated carbocycles. The van der Waals surface area contributed by atoms with E-state index in [1.807, 2.05) is 4.98 Å². The van der Waals surface area contributed by atoms with Crippen molar-refractivity contribution in [2.24, 2.45) is 0 Å². The van der Waals surface area contributed by atoms with Crippen molar-refractivity contribution in [2.45, 2.75) is 31.0 Å². The third kappa shape index (κ3) is 1.89. The molecule has 2 rings (SSSR count). The second kappa shape index (κ2) is 4.32. The van der Waals surface area contributed by atoms with Crippen LogP contribution in [0.3, 0.4) is 0 Å². The van der Waals surface area contributed by atoms with E-state index in [0.29, 0.717) is 0 Å². The van der Waals surface area contributed by atoms with Crippen LogP contribution in [0.2, 0.25) is 0 Å². The van der Waals surface area contributed by atoms with E-state index in [4.69, 9.17) is 9.84 Å². The number of hydrogen-bond donors (Lipinski definition) is 4. The molecule has 0 amide bonds. The van der Waals surface area contributed by atoms with E-state index in [2.05, 4.69) is 0 Å². The molecule has 1 saturated heterocycles. The zero-order valence-electron chi connectivity index (χ0n) is 9.61. The Morgan fingerprint density at radius 2 is 2.17 bits per heavy atom. The standard InChI is InChI=1S/C10H14N2O6/c1-10(4-13)7(16)6(15)8(18-10)12-3-2-5(14)11-9(12)17/h2-3,6-8,13,15-16H,4H2,1H3,(H,11,14,17)/t6?,7-,8-,10-/m1/s1. The zero-order chi connectivity index (χ0) is 13.5. The van der Waals surface area contributed by atoms with E-state index in [0.717, 1.165) is 16.8 Å². The fourth-order valence-electron chi connectivity index (χ4n) is 1.91. The summed E-state index contributed by atoms with van der Waals surface area (Å²) >= 11 is 0. The van der Waals surface area contributed by atoms with Gasteiger partial charge < -0.3 is 20.1 Å². The first-order valence-corrected chi connectivity index (χ1v) is 5.35. The van der Waals surface area contributed by atoms with Crippen molar-refractivity contribution < 1.29 is 20.1 Å². The van der Waals surface area contributed by atoms with Gasteiger partial charge in [-0.2, -0.15) is 0 Å². The van der Waals surface area contributed by atoms with Crippen LogP contribution in [0.1, 0.15) is 13.2 Å². The summed E-state index contributed by atoms with van der Waals surface area (Å²) in [6.45, 7) is 0.900. The van der Waals surface area contributed by atoms with Gasteiger partial charge in [0.25, 0.3) is 5.56 Å². The van der Waals surface area contributed by atoms with Crippen LogP contribution >= 0.6 is 0 Å². The Kier molecular flexibility index (Phi) is 3.11. The van der Waals surface area contributed by atoms with E-state index >= 15 is 0 Å². The van der Waals surface area contributed by atoms with Crippen LogP contribution in [0, 0.1) is 0 Å². The van der Waals surface area contributed by atoms with Crippen LogP contribution in [0.4, 0.5) is 0 Å². The van der Waals surface area contributed by atoms with E-state index in [-0.39, 0.29) is 0 Å². The normalized spacial score (nSPS) is 35.9. The molecule has 4 N–H and O–H groups in total. The van der Waals surface area contributed by atoms with Gasteiger partial charge in [0.2, 0.25) is 0 Å². The maximum atomic E-state index is 11.6. The lowest BCUT2D eigenvalue weighted by Crippen LogP contribution is -2.43. The second-order valence-corrected chi connectivity index (χ2v) is 4.43. The predicted molar refractivity (Wildman–Crippen MR) is 58.9 cm³/mol. The van der Waals surface area contributed by atoms with Crippen LogP contribution in [0.5, 0.6) is 0 Å². The summed E-state index contributed by atoms with van der Waals surface area (Å²) < 4.78 is 6.27. The molecule has 100 valence electrons. The molecule has 0 aromatic carbocycles. The average molecular weight is 258 g/mol. The maximum Gasteiger partial charge on any atom is 0.330 e. The van der Waals surface area contributed by atoms with Crippen molar-refractivity contribution >= 4 is 0 Å². The lowest BCUT2D eigenvalue weighted by Gasteiger charge is -2.24. The molecule has 18 heavy (non-hydrogen) atoms. The molecule has 0 bridgehead atoms. The van der Waals surface area contributed by atoms with E-state index in [1.165, 1.54) is 6.92 Å². The molecule has 0 spiro atoms. The van der Waals surface area contributed by atoms with Gasteiger partial charge in [-0.3, -0.25) is 14.3 Å². The average Bonchev–Trinajstić information content (AvgIpc) is 2.55. The molecule has 0 aliphatic carbocycles. The van der Waals surface area contributed by atoms with E-state index in [9.17, 15) is 19.8 Å². The predicted octanol–water partition coefficient (Wildman–Crippen LogP) is -2.46. The van der Waals surface area contributed by atoms with E-state index in [1.54, 1.807) is 0 Å². The molecule has 0 radical (unpaired) electrons. The molecule has 1 unspecified atom stereocenters. The molecule has 1 aliphatic rings. The molecule has 8 nitrogen and oxygen atoms in total. The molecular formula is C10H14N2O6. The summed E-state index contributed by atoms with van der Waals surface area (Å²) in [7, 11) is 0. The van der Waals surface area contributed by atoms with Gasteiger partial charge in [0, 0.05) is 12.3 Å². The number of H-pyrrole nitrogens is 1. The highest BCUT2D eigenvalue weighted by molar-refractivity contribution is 4.99. The third-order valence-corrected chi connectivity index (χ3v) is 3.07. The number of ether oxygens (including phenoxy) is 1. The van der Waals surface area contributed by atoms with Crippen LogP contribution < -0.4 is 11.2 Å². The Morgan fingerprint density at radius 1 is 1.50 bits per heavy atom. The summed E-state index contributed by atoms with van der Waals surface area (Å²) in [5.41, 5.74) is -2.70. The molecule has 1 fully saturated rings. The molecular weight excluding hydrogens is 244 g/mol. The highest BCUT2D eigenvalue weighted by Gasteiger charge is 2.51. The quantitative estimate of drug-likeness (QED) is 0.466. The van der Waals surface area contributed by atoms with Gasteiger partial charge in [0.1, 0.15) is 17.8 Å². The first-order chi connectivity index (χ1) is 8.39. The molecule has 4 atom stereocenters. The van der Waals surface area contributed by atoms with Crippen molar-refractivity contribution in [3.05, 3.63) is 33.1 Å². The smallest absolute Gasteiger partial charge is 0.330 e. The minimum atomic E-state index is -1.38. The highest BCUT2D eigenvalue weighted by Crippen LogP contribution is 2.35. The molecule has 1 aliphatic heterocycles. The lowest BCUT2D eigenvalue weighted by atomic mass is 9.99. The lowest BCUT2D eigenvalue weighted by molar-refractivity contribution is -0.117. The van der Waals surface area contributed by atoms with Crippen molar-refractivity contribution in [1.82, 2.24) is 9.55 Å². The van der Waals surface area contributed by atoms with Gasteiger partial charge in [0.15, 0.2) is 6.23 Å². The van der Waals surface area contributed by atoms with Crippen molar-refractivity contribution in [3.63, 3.8) is 0 Å². The number of aliphatic hydroxyl groups excluding tert-OH is 3. The Bertz CT molecular complexity index is 552. The number of rotatable bonds is 2. The summed E-state index contributed by atoms with van der Waals surface area (Å²) in [6.07, 6.45) is -2.73. The minimum Gasteiger partial charge on any atom is -0.393 e. The molecule has 1 aromatic heterocycles. The van der Waals surface area contributed by atoms with Crippen LogP contribution in [0.15, 0.2) is 21.9 Å². The summed E-state index contributed by atoms with van der Waals surface area (Å²) in [6, 6.07) is 1.10. The second-order valence-electron chi connectivity index (χ2n) is 4.43. The summed E-state index contributed by atoms with van der Waals surface area (Å²) in [5.74, 6) is 0. The first kappa shape index (κ1) is 13.0. The number of nitrogens with one attached hydrogen (secondary N) is 1. The van der Waals surface area contributed by atoms with Gasteiger partial charge in [-0.05, 0) is 6.92 Å². The topological polar surface area (TPSA) is 125 Å². The largest absolute Gasteiger partial charge is 0.393 e. The third-order valence-electron chi connectivity index (χ3n) is 3.07. The molecule has 8 heteroatoms. The SMILES string of the molecule is C[C@]1(CO)O[C@@H](n2ccc(=O)[nH]c2=O)C(O)[C@H]1O. The fraction of sp³-hybridized carbons (Fsp3) is 0.600. The minimum absolute atomic E-state index is 0.514. The number of nitrogens with zero attached hydrogens (tertiary/aromatic N) is 1. The van der Waals surface area contributed by atoms with Crippen molar-refractivity contribution in [3.8, 4) is 0 Å². The highest BCUT2D eigenvalue weighted by atomic mass is 16.6. The summed E-state index contributed by atoms with van der Waals surface area (Å²) in [5, 5.41) is 28.8. The van der Waals surface area contributed by atoms with Gasteiger partial charge in [0.05, 0.1) is 6.61 Å². The Hall–Kier alpha value is -1.48. The fourth-order valence-corrected chi connectivity index (χ4v) is 1.91. The number of hydrogen-bond acceptors (Lipinski definition) is 6. The zero-order valence-corrected chi connectivity index (χ0v) is 9.61. The van der Waals surface area contributed by atoms with E-state index < -0.39 is 41.9 Å². The monoisotopic (exact) mass is 258 g/mol. The van der Waals surface area contributed by atoms with Gasteiger partial charge in [-0.15, -0.1) is 0 Å². The number of aliphatic hydroxyl groups is 3. The van der Waals surface area contributed by atoms with Crippen molar-refractivity contribution in [2.75, 3.05) is 6.61 Å². The van der Waals surface area contributed by atoms with Gasteiger partial charge in [-0.1, -0.05) is 0 Å². The Labute approximate surface area is 101 Å². The van der Waals surface area contributed by atoms with Gasteiger partial charge in [-0.25, -0.2) is 4.79 Å². The number of aromatic amines is 1.